The summed E-state index contributed by atoms with van der Waals surface area (Å²) in [6.07, 6.45) is 1.32. The molecule has 1 aliphatic rings. The average molecular weight is 431 g/mol. The number of hydrogen-bond donors (Lipinski definition) is 0. The summed E-state index contributed by atoms with van der Waals surface area (Å²) < 4.78 is 52.5. The third-order valence-electron chi connectivity index (χ3n) is 5.41. The zero-order valence-corrected chi connectivity index (χ0v) is 17.5. The number of aryl methyl sites for hydroxylation is 1. The molecule has 0 N–H and O–H groups in total. The Balaban J connectivity index is 1.73. The third kappa shape index (κ3) is 3.50. The smallest absolute Gasteiger partial charge is 0.374 e. The van der Waals surface area contributed by atoms with E-state index in [4.69, 9.17) is 9.15 Å². The molecule has 0 amide bonds. The molecule has 0 aliphatic carbocycles. The largest absolute Gasteiger partial charge is 0.460 e. The Bertz CT molecular complexity index is 1220. The minimum atomic E-state index is -3.83. The van der Waals surface area contributed by atoms with Gasteiger partial charge in [-0.3, -0.25) is 0 Å². The molecule has 1 saturated heterocycles. The number of benzene rings is 2. The number of carbonyl (C=O) groups excluding carboxylic acids is 1. The maximum Gasteiger partial charge on any atom is 0.374 e. The SMILES string of the molecule is CCOC(=O)c1oc2ccc(S(=O)(=O)N3CCC[C@H]3c3cccc(F)c3)cc2c1C. The van der Waals surface area contributed by atoms with E-state index in [9.17, 15) is 17.6 Å². The van der Waals surface area contributed by atoms with Crippen LogP contribution in [0.4, 0.5) is 4.39 Å². The van der Waals surface area contributed by atoms with Crippen molar-refractivity contribution >= 4 is 27.0 Å². The number of ether oxygens (including phenoxy) is 1. The monoisotopic (exact) mass is 431 g/mol. The molecule has 0 bridgehead atoms. The summed E-state index contributed by atoms with van der Waals surface area (Å²) in [7, 11) is -3.83. The molecule has 158 valence electrons. The first kappa shape index (κ1) is 20.6. The fraction of sp³-hybridized carbons (Fsp3) is 0.318. The number of fused-ring (bicyclic) bond motifs is 1. The van der Waals surface area contributed by atoms with Crippen molar-refractivity contribution in [3.05, 3.63) is 65.2 Å². The lowest BCUT2D eigenvalue weighted by Crippen LogP contribution is -2.30. The maximum absolute atomic E-state index is 13.7. The van der Waals surface area contributed by atoms with Crippen LogP contribution in [-0.4, -0.2) is 31.8 Å². The van der Waals surface area contributed by atoms with E-state index in [2.05, 4.69) is 0 Å². The number of rotatable bonds is 5. The van der Waals surface area contributed by atoms with Gasteiger partial charge in [-0.25, -0.2) is 17.6 Å². The van der Waals surface area contributed by atoms with Crippen LogP contribution < -0.4 is 0 Å². The van der Waals surface area contributed by atoms with Crippen LogP contribution >= 0.6 is 0 Å². The normalized spacial score (nSPS) is 17.5. The number of esters is 1. The fourth-order valence-electron chi connectivity index (χ4n) is 3.96. The molecule has 0 unspecified atom stereocenters. The molecule has 6 nitrogen and oxygen atoms in total. The number of sulfonamides is 1. The molecule has 4 rings (SSSR count). The predicted molar refractivity (Wildman–Crippen MR) is 109 cm³/mol. The summed E-state index contributed by atoms with van der Waals surface area (Å²) in [5.74, 6) is -0.903. The topological polar surface area (TPSA) is 76.8 Å². The van der Waals surface area contributed by atoms with Crippen molar-refractivity contribution in [2.24, 2.45) is 0 Å². The molecule has 0 saturated carbocycles. The second-order valence-electron chi connectivity index (χ2n) is 7.26. The zero-order valence-electron chi connectivity index (χ0n) is 16.7. The number of hydrogen-bond acceptors (Lipinski definition) is 5. The molecule has 2 aromatic carbocycles. The number of carbonyl (C=O) groups is 1. The summed E-state index contributed by atoms with van der Waals surface area (Å²) in [4.78, 5) is 12.2. The summed E-state index contributed by atoms with van der Waals surface area (Å²) in [5.41, 5.74) is 1.59. The Kier molecular flexibility index (Phi) is 5.38. The van der Waals surface area contributed by atoms with Gasteiger partial charge in [-0.15, -0.1) is 0 Å². The standard InChI is InChI=1S/C22H22FNO5S/c1-3-28-22(25)21-14(2)18-13-17(9-10-20(18)29-21)30(26,27)24-11-5-8-19(24)15-6-4-7-16(23)12-15/h4,6-7,9-10,12-13,19H,3,5,8,11H2,1-2H3/t19-/m0/s1. The number of nitrogens with zero attached hydrogens (tertiary/aromatic N) is 1. The first-order valence-electron chi connectivity index (χ1n) is 9.80. The average Bonchev–Trinajstić information content (AvgIpc) is 3.34. The van der Waals surface area contributed by atoms with Crippen LogP contribution in [0.3, 0.4) is 0 Å². The number of halogens is 1. The van der Waals surface area contributed by atoms with Crippen molar-refractivity contribution in [3.63, 3.8) is 0 Å². The van der Waals surface area contributed by atoms with Crippen LogP contribution in [0.5, 0.6) is 0 Å². The lowest BCUT2D eigenvalue weighted by Gasteiger charge is -2.24. The van der Waals surface area contributed by atoms with Gasteiger partial charge in [0.05, 0.1) is 17.5 Å². The van der Waals surface area contributed by atoms with Crippen LogP contribution in [-0.2, 0) is 14.8 Å². The molecule has 1 atom stereocenters. The fourth-order valence-corrected chi connectivity index (χ4v) is 5.67. The van der Waals surface area contributed by atoms with Crippen molar-refractivity contribution in [1.29, 1.82) is 0 Å². The second kappa shape index (κ2) is 7.85. The van der Waals surface area contributed by atoms with E-state index < -0.39 is 27.9 Å². The Morgan fingerprint density at radius 1 is 1.27 bits per heavy atom. The minimum absolute atomic E-state index is 0.0696. The van der Waals surface area contributed by atoms with Crippen LogP contribution in [0.15, 0.2) is 51.8 Å². The molecule has 0 radical (unpaired) electrons. The van der Waals surface area contributed by atoms with E-state index in [1.165, 1.54) is 28.6 Å². The van der Waals surface area contributed by atoms with Gasteiger partial charge in [0.15, 0.2) is 0 Å². The molecule has 2 heterocycles. The molecular weight excluding hydrogens is 409 g/mol. The summed E-state index contributed by atoms with van der Waals surface area (Å²) >= 11 is 0. The van der Waals surface area contributed by atoms with E-state index in [0.717, 1.165) is 0 Å². The van der Waals surface area contributed by atoms with Crippen molar-refractivity contribution in [2.45, 2.75) is 37.6 Å². The molecule has 1 fully saturated rings. The first-order valence-corrected chi connectivity index (χ1v) is 11.2. The zero-order chi connectivity index (χ0) is 21.5. The van der Waals surface area contributed by atoms with Gasteiger partial charge in [0.25, 0.3) is 0 Å². The van der Waals surface area contributed by atoms with Gasteiger partial charge in [0, 0.05) is 17.5 Å². The van der Waals surface area contributed by atoms with Crippen LogP contribution in [0.25, 0.3) is 11.0 Å². The molecule has 1 aromatic heterocycles. The molecule has 3 aromatic rings. The summed E-state index contributed by atoms with van der Waals surface area (Å²) in [5, 5.41) is 0.542. The number of furan rings is 1. The van der Waals surface area contributed by atoms with Gasteiger partial charge in [-0.1, -0.05) is 12.1 Å². The highest BCUT2D eigenvalue weighted by Gasteiger charge is 2.36. The highest BCUT2D eigenvalue weighted by molar-refractivity contribution is 7.89. The van der Waals surface area contributed by atoms with Gasteiger partial charge in [-0.2, -0.15) is 4.31 Å². The van der Waals surface area contributed by atoms with Gasteiger partial charge in [0.1, 0.15) is 11.4 Å². The Labute approximate surface area is 174 Å². The quantitative estimate of drug-likeness (QED) is 0.553. The Morgan fingerprint density at radius 3 is 2.80 bits per heavy atom. The second-order valence-corrected chi connectivity index (χ2v) is 9.15. The molecule has 8 heteroatoms. The third-order valence-corrected chi connectivity index (χ3v) is 7.32. The van der Waals surface area contributed by atoms with Gasteiger partial charge in [0.2, 0.25) is 15.8 Å². The molecule has 1 aliphatic heterocycles. The van der Waals surface area contributed by atoms with E-state index in [0.29, 0.717) is 41.5 Å². The van der Waals surface area contributed by atoms with Crippen LogP contribution in [0.1, 0.15) is 47.5 Å². The molecule has 30 heavy (non-hydrogen) atoms. The lowest BCUT2D eigenvalue weighted by molar-refractivity contribution is 0.0491. The first-order chi connectivity index (χ1) is 14.3. The highest BCUT2D eigenvalue weighted by atomic mass is 32.2. The summed E-state index contributed by atoms with van der Waals surface area (Å²) in [6, 6.07) is 10.2. The van der Waals surface area contributed by atoms with Crippen LogP contribution in [0.2, 0.25) is 0 Å². The summed E-state index contributed by atoms with van der Waals surface area (Å²) in [6.45, 7) is 3.97. The van der Waals surface area contributed by atoms with Crippen molar-refractivity contribution in [1.82, 2.24) is 4.31 Å². The van der Waals surface area contributed by atoms with Crippen molar-refractivity contribution in [3.8, 4) is 0 Å². The Morgan fingerprint density at radius 2 is 2.07 bits per heavy atom. The van der Waals surface area contributed by atoms with E-state index in [1.807, 2.05) is 0 Å². The van der Waals surface area contributed by atoms with E-state index in [-0.39, 0.29) is 17.3 Å². The molecule has 0 spiro atoms. The highest BCUT2D eigenvalue weighted by Crippen LogP contribution is 2.38. The lowest BCUT2D eigenvalue weighted by atomic mass is 10.1. The molecular formula is C22H22FNO5S. The van der Waals surface area contributed by atoms with Gasteiger partial charge >= 0.3 is 5.97 Å². The van der Waals surface area contributed by atoms with Gasteiger partial charge in [-0.05, 0) is 62.6 Å². The minimum Gasteiger partial charge on any atom is -0.460 e. The van der Waals surface area contributed by atoms with Crippen molar-refractivity contribution < 1.29 is 26.8 Å². The Hall–Kier alpha value is -2.71. The van der Waals surface area contributed by atoms with Crippen molar-refractivity contribution in [2.75, 3.05) is 13.2 Å². The van der Waals surface area contributed by atoms with Gasteiger partial charge < -0.3 is 9.15 Å². The maximum atomic E-state index is 13.7. The predicted octanol–water partition coefficient (Wildman–Crippen LogP) is 4.58. The van der Waals surface area contributed by atoms with Crippen LogP contribution in [0, 0.1) is 12.7 Å². The van der Waals surface area contributed by atoms with E-state index >= 15 is 0 Å². The van der Waals surface area contributed by atoms with E-state index in [1.54, 1.807) is 32.0 Å².